The zero-order valence-corrected chi connectivity index (χ0v) is 16.4. The molecule has 2 aromatic rings. The summed E-state index contributed by atoms with van der Waals surface area (Å²) in [6, 6.07) is 15.7. The van der Waals surface area contributed by atoms with E-state index >= 15 is 0 Å². The van der Waals surface area contributed by atoms with Crippen LogP contribution in [-0.2, 0) is 10.2 Å². The Labute approximate surface area is 157 Å². The number of hydrogen-bond acceptors (Lipinski definition) is 3. The molecule has 0 aromatic heterocycles. The molecule has 0 saturated heterocycles. The molecule has 0 fully saturated rings. The lowest BCUT2D eigenvalue weighted by molar-refractivity contribution is -0.115. The Kier molecular flexibility index (Phi) is 6.67. The molecule has 0 bridgehead atoms. The number of carbonyl (C=O) groups excluding carboxylic acids is 1. The van der Waals surface area contributed by atoms with Gasteiger partial charge in [-0.05, 0) is 55.2 Å². The summed E-state index contributed by atoms with van der Waals surface area (Å²) >= 11 is 0. The van der Waals surface area contributed by atoms with Gasteiger partial charge in [0.1, 0.15) is 5.75 Å². The first-order valence-electron chi connectivity index (χ1n) is 9.15. The summed E-state index contributed by atoms with van der Waals surface area (Å²) < 4.78 is 5.60. The Bertz CT molecular complexity index is 716. The van der Waals surface area contributed by atoms with Crippen molar-refractivity contribution in [3.05, 3.63) is 54.1 Å². The van der Waals surface area contributed by atoms with E-state index < -0.39 is 0 Å². The van der Waals surface area contributed by atoms with Crippen LogP contribution in [0.15, 0.2) is 48.5 Å². The van der Waals surface area contributed by atoms with Crippen LogP contribution in [0.4, 0.5) is 11.4 Å². The molecule has 0 saturated carbocycles. The lowest BCUT2D eigenvalue weighted by Crippen LogP contribution is -2.19. The lowest BCUT2D eigenvalue weighted by atomic mass is 9.86. The van der Waals surface area contributed by atoms with Crippen molar-refractivity contribution < 1.29 is 9.53 Å². The predicted molar refractivity (Wildman–Crippen MR) is 109 cm³/mol. The number of benzene rings is 2. The van der Waals surface area contributed by atoms with E-state index in [9.17, 15) is 4.79 Å². The van der Waals surface area contributed by atoms with Gasteiger partial charge in [-0.3, -0.25) is 4.79 Å². The highest BCUT2D eigenvalue weighted by molar-refractivity contribution is 5.91. The smallest absolute Gasteiger partial charge is 0.226 e. The molecule has 4 nitrogen and oxygen atoms in total. The fourth-order valence-corrected chi connectivity index (χ4v) is 2.71. The van der Waals surface area contributed by atoms with Crippen molar-refractivity contribution in [1.29, 1.82) is 0 Å². The molecule has 140 valence electrons. The van der Waals surface area contributed by atoms with Crippen molar-refractivity contribution in [2.75, 3.05) is 17.2 Å². The van der Waals surface area contributed by atoms with E-state index in [-0.39, 0.29) is 17.4 Å². The maximum Gasteiger partial charge on any atom is 0.226 e. The summed E-state index contributed by atoms with van der Waals surface area (Å²) in [5, 5.41) is 6.31. The second-order valence-electron chi connectivity index (χ2n) is 7.71. The highest BCUT2D eigenvalue weighted by Gasteiger charge is 2.17. The van der Waals surface area contributed by atoms with Crippen molar-refractivity contribution in [3.63, 3.8) is 0 Å². The Balaban J connectivity index is 1.84. The van der Waals surface area contributed by atoms with Gasteiger partial charge in [-0.15, -0.1) is 0 Å². The SMILES string of the molecule is CC(C)Oc1ccc(NC(=O)CCNc2ccccc2C(C)(C)C)cc1. The Morgan fingerprint density at radius 1 is 1.04 bits per heavy atom. The monoisotopic (exact) mass is 354 g/mol. The number of amides is 1. The molecule has 0 spiro atoms. The molecule has 0 aliphatic heterocycles. The quantitative estimate of drug-likeness (QED) is 0.717. The van der Waals surface area contributed by atoms with Gasteiger partial charge in [0, 0.05) is 24.3 Å². The largest absolute Gasteiger partial charge is 0.491 e. The molecule has 1 amide bonds. The number of anilines is 2. The first-order valence-corrected chi connectivity index (χ1v) is 9.15. The Morgan fingerprint density at radius 2 is 1.69 bits per heavy atom. The first kappa shape index (κ1) is 19.8. The standard InChI is InChI=1S/C22H30N2O2/c1-16(2)26-18-12-10-17(11-13-18)24-21(25)14-15-23-20-9-7-6-8-19(20)22(3,4)5/h6-13,16,23H,14-15H2,1-5H3,(H,24,25). The molecule has 0 aliphatic rings. The van der Waals surface area contributed by atoms with Crippen LogP contribution < -0.4 is 15.4 Å². The van der Waals surface area contributed by atoms with Crippen molar-refractivity contribution in [2.24, 2.45) is 0 Å². The second kappa shape index (κ2) is 8.75. The maximum atomic E-state index is 12.2. The minimum Gasteiger partial charge on any atom is -0.491 e. The van der Waals surface area contributed by atoms with Crippen molar-refractivity contribution in [2.45, 2.75) is 52.6 Å². The molecule has 0 heterocycles. The molecule has 0 radical (unpaired) electrons. The van der Waals surface area contributed by atoms with Gasteiger partial charge in [0.25, 0.3) is 0 Å². The third-order valence-electron chi connectivity index (χ3n) is 3.91. The molecule has 0 atom stereocenters. The first-order chi connectivity index (χ1) is 12.3. The van der Waals surface area contributed by atoms with E-state index in [4.69, 9.17) is 4.74 Å². The molecular weight excluding hydrogens is 324 g/mol. The summed E-state index contributed by atoms with van der Waals surface area (Å²) in [4.78, 5) is 12.2. The van der Waals surface area contributed by atoms with E-state index in [0.717, 1.165) is 17.1 Å². The number of para-hydroxylation sites is 1. The van der Waals surface area contributed by atoms with Crippen LogP contribution in [0.3, 0.4) is 0 Å². The average molecular weight is 354 g/mol. The fraction of sp³-hybridized carbons (Fsp3) is 0.409. The minimum atomic E-state index is -0.0109. The molecule has 2 aromatic carbocycles. The number of nitrogens with one attached hydrogen (secondary N) is 2. The van der Waals surface area contributed by atoms with Crippen molar-refractivity contribution >= 4 is 17.3 Å². The van der Waals surface area contributed by atoms with Crippen LogP contribution in [0.2, 0.25) is 0 Å². The third-order valence-corrected chi connectivity index (χ3v) is 3.91. The third kappa shape index (κ3) is 6.10. The highest BCUT2D eigenvalue weighted by atomic mass is 16.5. The Hall–Kier alpha value is -2.49. The van der Waals surface area contributed by atoms with E-state index in [2.05, 4.69) is 43.5 Å². The predicted octanol–water partition coefficient (Wildman–Crippen LogP) is 5.21. The lowest BCUT2D eigenvalue weighted by Gasteiger charge is -2.23. The van der Waals surface area contributed by atoms with Crippen LogP contribution in [0, 0.1) is 0 Å². The van der Waals surface area contributed by atoms with Crippen LogP contribution in [0.25, 0.3) is 0 Å². The van der Waals surface area contributed by atoms with E-state index in [1.165, 1.54) is 5.56 Å². The topological polar surface area (TPSA) is 50.4 Å². The van der Waals surface area contributed by atoms with E-state index in [0.29, 0.717) is 13.0 Å². The summed E-state index contributed by atoms with van der Waals surface area (Å²) in [6.45, 7) is 11.1. The van der Waals surface area contributed by atoms with Gasteiger partial charge in [0.05, 0.1) is 6.10 Å². The van der Waals surface area contributed by atoms with Gasteiger partial charge >= 0.3 is 0 Å². The van der Waals surface area contributed by atoms with E-state index in [1.807, 2.05) is 50.2 Å². The maximum absolute atomic E-state index is 12.2. The zero-order valence-electron chi connectivity index (χ0n) is 16.4. The average Bonchev–Trinajstić information content (AvgIpc) is 2.56. The van der Waals surface area contributed by atoms with Gasteiger partial charge in [0.15, 0.2) is 0 Å². The summed E-state index contributed by atoms with van der Waals surface area (Å²) in [5.41, 5.74) is 3.18. The molecular formula is C22H30N2O2. The van der Waals surface area contributed by atoms with Gasteiger partial charge < -0.3 is 15.4 Å². The number of carbonyl (C=O) groups is 1. The van der Waals surface area contributed by atoms with Gasteiger partial charge in [-0.25, -0.2) is 0 Å². The molecule has 2 rings (SSSR count). The highest BCUT2D eigenvalue weighted by Crippen LogP contribution is 2.29. The van der Waals surface area contributed by atoms with Crippen molar-refractivity contribution in [3.8, 4) is 5.75 Å². The van der Waals surface area contributed by atoms with Gasteiger partial charge in [-0.1, -0.05) is 39.0 Å². The molecule has 2 N–H and O–H groups in total. The molecule has 4 heteroatoms. The van der Waals surface area contributed by atoms with Crippen LogP contribution in [0.1, 0.15) is 46.6 Å². The summed E-state index contributed by atoms with van der Waals surface area (Å²) in [6.07, 6.45) is 0.542. The van der Waals surface area contributed by atoms with Gasteiger partial charge in [-0.2, -0.15) is 0 Å². The normalized spacial score (nSPS) is 11.3. The molecule has 26 heavy (non-hydrogen) atoms. The second-order valence-corrected chi connectivity index (χ2v) is 7.71. The van der Waals surface area contributed by atoms with Gasteiger partial charge in [0.2, 0.25) is 5.91 Å². The number of hydrogen-bond donors (Lipinski definition) is 2. The molecule has 0 unspecified atom stereocenters. The number of ether oxygens (including phenoxy) is 1. The number of rotatable bonds is 7. The Morgan fingerprint density at radius 3 is 2.31 bits per heavy atom. The summed E-state index contributed by atoms with van der Waals surface area (Å²) in [5.74, 6) is 0.793. The van der Waals surface area contributed by atoms with Crippen molar-refractivity contribution in [1.82, 2.24) is 0 Å². The van der Waals surface area contributed by atoms with Crippen LogP contribution >= 0.6 is 0 Å². The van der Waals surface area contributed by atoms with Crippen LogP contribution in [-0.4, -0.2) is 18.6 Å². The zero-order chi connectivity index (χ0) is 19.2. The van der Waals surface area contributed by atoms with E-state index in [1.54, 1.807) is 0 Å². The summed E-state index contributed by atoms with van der Waals surface area (Å²) in [7, 11) is 0. The fourth-order valence-electron chi connectivity index (χ4n) is 2.71. The van der Waals surface area contributed by atoms with Crippen LogP contribution in [0.5, 0.6) is 5.75 Å². The molecule has 0 aliphatic carbocycles. The minimum absolute atomic E-state index is 0.0109.